The zero-order valence-electron chi connectivity index (χ0n) is 11.3. The number of amides is 1. The van der Waals surface area contributed by atoms with E-state index in [9.17, 15) is 4.79 Å². The monoisotopic (exact) mass is 324 g/mol. The summed E-state index contributed by atoms with van der Waals surface area (Å²) in [5.41, 5.74) is 0.869. The molecule has 1 saturated carbocycles. The summed E-state index contributed by atoms with van der Waals surface area (Å²) in [5, 5.41) is 6.17. The molecule has 1 aliphatic rings. The lowest BCUT2D eigenvalue weighted by Crippen LogP contribution is -2.49. The molecule has 0 atom stereocenters. The number of carbonyl (C=O) groups excluding carboxylic acids is 1. The van der Waals surface area contributed by atoms with Crippen molar-refractivity contribution >= 4 is 21.8 Å². The predicted molar refractivity (Wildman–Crippen MR) is 81.2 cm³/mol. The number of hydrogen-bond donors (Lipinski definition) is 2. The van der Waals surface area contributed by atoms with Crippen LogP contribution in [0.5, 0.6) is 0 Å². The van der Waals surface area contributed by atoms with Crippen molar-refractivity contribution in [3.63, 3.8) is 0 Å². The van der Waals surface area contributed by atoms with Crippen molar-refractivity contribution in [2.24, 2.45) is 0 Å². The fourth-order valence-electron chi connectivity index (χ4n) is 2.58. The van der Waals surface area contributed by atoms with Crippen molar-refractivity contribution < 1.29 is 4.79 Å². The van der Waals surface area contributed by atoms with Crippen molar-refractivity contribution in [3.05, 3.63) is 34.3 Å². The van der Waals surface area contributed by atoms with Crippen LogP contribution in [0, 0.1) is 0 Å². The molecule has 0 radical (unpaired) electrons. The number of halogens is 1. The van der Waals surface area contributed by atoms with Crippen LogP contribution in [0.15, 0.2) is 28.7 Å². The van der Waals surface area contributed by atoms with E-state index in [1.165, 1.54) is 0 Å². The second-order valence-electron chi connectivity index (χ2n) is 5.16. The fraction of sp³-hybridized carbons (Fsp3) is 0.533. The number of carbonyl (C=O) groups is 1. The third kappa shape index (κ3) is 3.18. The van der Waals surface area contributed by atoms with Crippen LogP contribution in [0.3, 0.4) is 0 Å². The van der Waals surface area contributed by atoms with Crippen molar-refractivity contribution in [1.29, 1.82) is 0 Å². The molecule has 1 fully saturated rings. The van der Waals surface area contributed by atoms with Gasteiger partial charge >= 0.3 is 0 Å². The topological polar surface area (TPSA) is 41.1 Å². The molecule has 1 aliphatic carbocycles. The Morgan fingerprint density at radius 1 is 1.26 bits per heavy atom. The SMILES string of the molecule is CNCCCNC(=O)C1(c2ccc(Br)cc2)CCC1. The van der Waals surface area contributed by atoms with E-state index in [0.717, 1.165) is 48.8 Å². The third-order valence-electron chi connectivity index (χ3n) is 3.93. The minimum atomic E-state index is -0.277. The average molecular weight is 325 g/mol. The van der Waals surface area contributed by atoms with Gasteiger partial charge in [0.2, 0.25) is 5.91 Å². The van der Waals surface area contributed by atoms with E-state index in [4.69, 9.17) is 0 Å². The molecule has 104 valence electrons. The van der Waals surface area contributed by atoms with Gasteiger partial charge in [-0.05, 0) is 50.6 Å². The summed E-state index contributed by atoms with van der Waals surface area (Å²) < 4.78 is 1.06. The first-order valence-corrected chi connectivity index (χ1v) is 7.67. The molecule has 1 amide bonds. The summed E-state index contributed by atoms with van der Waals surface area (Å²) in [6.07, 6.45) is 4.04. The minimum absolute atomic E-state index is 0.192. The highest BCUT2D eigenvalue weighted by Crippen LogP contribution is 2.44. The normalized spacial score (nSPS) is 16.7. The maximum atomic E-state index is 12.5. The molecule has 0 heterocycles. The third-order valence-corrected chi connectivity index (χ3v) is 4.46. The van der Waals surface area contributed by atoms with Crippen LogP contribution >= 0.6 is 15.9 Å². The first-order chi connectivity index (χ1) is 9.19. The van der Waals surface area contributed by atoms with Crippen LogP contribution in [0.1, 0.15) is 31.2 Å². The number of hydrogen-bond acceptors (Lipinski definition) is 2. The molecule has 0 aliphatic heterocycles. The highest BCUT2D eigenvalue weighted by molar-refractivity contribution is 9.10. The van der Waals surface area contributed by atoms with Crippen molar-refractivity contribution in [2.75, 3.05) is 20.1 Å². The summed E-state index contributed by atoms with van der Waals surface area (Å²) in [4.78, 5) is 12.5. The van der Waals surface area contributed by atoms with E-state index in [0.29, 0.717) is 0 Å². The molecule has 0 unspecified atom stereocenters. The van der Waals surface area contributed by atoms with E-state index in [1.54, 1.807) is 0 Å². The van der Waals surface area contributed by atoms with Gasteiger partial charge < -0.3 is 10.6 Å². The Bertz CT molecular complexity index is 426. The van der Waals surface area contributed by atoms with E-state index in [-0.39, 0.29) is 11.3 Å². The van der Waals surface area contributed by atoms with Crippen LogP contribution in [0.2, 0.25) is 0 Å². The molecule has 0 spiro atoms. The summed E-state index contributed by atoms with van der Waals surface area (Å²) in [7, 11) is 1.93. The first-order valence-electron chi connectivity index (χ1n) is 6.88. The largest absolute Gasteiger partial charge is 0.355 e. The zero-order valence-corrected chi connectivity index (χ0v) is 12.9. The standard InChI is InChI=1S/C15H21BrN2O/c1-17-10-3-11-18-14(19)15(8-2-9-15)12-4-6-13(16)7-5-12/h4-7,17H,2-3,8-11H2,1H3,(H,18,19). The molecule has 3 nitrogen and oxygen atoms in total. The lowest BCUT2D eigenvalue weighted by atomic mass is 9.64. The lowest BCUT2D eigenvalue weighted by Gasteiger charge is -2.40. The van der Waals surface area contributed by atoms with E-state index in [2.05, 4.69) is 38.7 Å². The molecule has 0 saturated heterocycles. The Balaban J connectivity index is 2.01. The molecular weight excluding hydrogens is 304 g/mol. The van der Waals surface area contributed by atoms with Crippen LogP contribution in [-0.2, 0) is 10.2 Å². The van der Waals surface area contributed by atoms with E-state index < -0.39 is 0 Å². The molecule has 2 rings (SSSR count). The Morgan fingerprint density at radius 2 is 1.95 bits per heavy atom. The van der Waals surface area contributed by atoms with Gasteiger partial charge in [0.05, 0.1) is 5.41 Å². The van der Waals surface area contributed by atoms with Gasteiger partial charge in [-0.3, -0.25) is 4.79 Å². The quantitative estimate of drug-likeness (QED) is 0.790. The number of benzene rings is 1. The number of nitrogens with one attached hydrogen (secondary N) is 2. The van der Waals surface area contributed by atoms with Crippen molar-refractivity contribution in [1.82, 2.24) is 10.6 Å². The van der Waals surface area contributed by atoms with Gasteiger partial charge in [0.25, 0.3) is 0 Å². The van der Waals surface area contributed by atoms with Crippen LogP contribution in [0.4, 0.5) is 0 Å². The Hall–Kier alpha value is -0.870. The fourth-order valence-corrected chi connectivity index (χ4v) is 2.85. The molecule has 1 aromatic carbocycles. The second-order valence-corrected chi connectivity index (χ2v) is 6.07. The Morgan fingerprint density at radius 3 is 2.47 bits per heavy atom. The minimum Gasteiger partial charge on any atom is -0.355 e. The molecule has 1 aromatic rings. The maximum Gasteiger partial charge on any atom is 0.230 e. The Labute approximate surface area is 123 Å². The van der Waals surface area contributed by atoms with Gasteiger partial charge in [-0.25, -0.2) is 0 Å². The zero-order chi connectivity index (χ0) is 13.7. The first kappa shape index (κ1) is 14.5. The maximum absolute atomic E-state index is 12.5. The molecule has 0 bridgehead atoms. The second kappa shape index (κ2) is 6.53. The highest BCUT2D eigenvalue weighted by atomic mass is 79.9. The van der Waals surface area contributed by atoms with Gasteiger partial charge in [-0.2, -0.15) is 0 Å². The highest BCUT2D eigenvalue weighted by Gasteiger charge is 2.45. The van der Waals surface area contributed by atoms with Gasteiger partial charge in [-0.1, -0.05) is 34.5 Å². The van der Waals surface area contributed by atoms with E-state index >= 15 is 0 Å². The summed E-state index contributed by atoms with van der Waals surface area (Å²) in [6, 6.07) is 8.17. The van der Waals surface area contributed by atoms with Crippen molar-refractivity contribution in [3.8, 4) is 0 Å². The van der Waals surface area contributed by atoms with Gasteiger partial charge in [-0.15, -0.1) is 0 Å². The molecule has 2 N–H and O–H groups in total. The van der Waals surface area contributed by atoms with Crippen LogP contribution in [-0.4, -0.2) is 26.0 Å². The summed E-state index contributed by atoms with van der Waals surface area (Å²) in [5.74, 6) is 0.192. The Kier molecular flexibility index (Phi) is 4.99. The van der Waals surface area contributed by atoms with Gasteiger partial charge in [0, 0.05) is 11.0 Å². The van der Waals surface area contributed by atoms with Crippen LogP contribution < -0.4 is 10.6 Å². The average Bonchev–Trinajstić information content (AvgIpc) is 2.36. The van der Waals surface area contributed by atoms with Gasteiger partial charge in [0.1, 0.15) is 0 Å². The number of rotatable bonds is 6. The summed E-state index contributed by atoms with van der Waals surface area (Å²) >= 11 is 3.44. The summed E-state index contributed by atoms with van der Waals surface area (Å²) in [6.45, 7) is 1.68. The molecule has 0 aromatic heterocycles. The van der Waals surface area contributed by atoms with Crippen molar-refractivity contribution in [2.45, 2.75) is 31.1 Å². The van der Waals surface area contributed by atoms with Gasteiger partial charge in [0.15, 0.2) is 0 Å². The van der Waals surface area contributed by atoms with E-state index in [1.807, 2.05) is 19.2 Å². The molecule has 19 heavy (non-hydrogen) atoms. The lowest BCUT2D eigenvalue weighted by molar-refractivity contribution is -0.129. The smallest absolute Gasteiger partial charge is 0.230 e. The molecule has 4 heteroatoms. The molecular formula is C15H21BrN2O. The van der Waals surface area contributed by atoms with Crippen LogP contribution in [0.25, 0.3) is 0 Å². The predicted octanol–water partition coefficient (Wildman–Crippen LogP) is 2.60.